The summed E-state index contributed by atoms with van der Waals surface area (Å²) >= 11 is 0. The second kappa shape index (κ2) is 13.0. The van der Waals surface area contributed by atoms with Gasteiger partial charge in [-0.1, -0.05) is 170 Å². The predicted octanol–water partition coefficient (Wildman–Crippen LogP) is 13.2. The Labute approximate surface area is 322 Å². The highest BCUT2D eigenvalue weighted by Gasteiger charge is 2.20. The van der Waals surface area contributed by atoms with E-state index in [4.69, 9.17) is 19.4 Å². The summed E-state index contributed by atoms with van der Waals surface area (Å²) in [6.45, 7) is 0. The van der Waals surface area contributed by atoms with Crippen molar-refractivity contribution in [2.24, 2.45) is 0 Å². The molecule has 0 aliphatic carbocycles. The summed E-state index contributed by atoms with van der Waals surface area (Å²) in [5.74, 6) is 1.75. The van der Waals surface area contributed by atoms with Gasteiger partial charge >= 0.3 is 0 Å². The van der Waals surface area contributed by atoms with Gasteiger partial charge in [-0.2, -0.15) is 9.97 Å². The molecule has 5 nitrogen and oxygen atoms in total. The third kappa shape index (κ3) is 5.37. The molecule has 0 aliphatic heterocycles. The van der Waals surface area contributed by atoms with Crippen molar-refractivity contribution in [2.45, 2.75) is 0 Å². The Hall–Kier alpha value is -7.63. The highest BCUT2D eigenvalue weighted by Crippen LogP contribution is 2.39. The molecule has 0 radical (unpaired) electrons. The molecular weight excluding hydrogens is 685 g/mol. The minimum atomic E-state index is 0.549. The van der Waals surface area contributed by atoms with Gasteiger partial charge in [0.05, 0.1) is 11.0 Å². The Morgan fingerprint density at radius 2 is 0.893 bits per heavy atom. The summed E-state index contributed by atoms with van der Waals surface area (Å²) in [5, 5.41) is 4.44. The Morgan fingerprint density at radius 3 is 1.70 bits per heavy atom. The van der Waals surface area contributed by atoms with Crippen molar-refractivity contribution in [3.63, 3.8) is 0 Å². The number of hydrogen-bond acceptors (Lipinski definition) is 4. The molecule has 0 saturated carbocycles. The molecule has 5 heteroatoms. The third-order valence-corrected chi connectivity index (χ3v) is 10.7. The molecule has 0 aliphatic rings. The Kier molecular flexibility index (Phi) is 7.42. The van der Waals surface area contributed by atoms with Crippen molar-refractivity contribution >= 4 is 43.7 Å². The second-order valence-corrected chi connectivity index (χ2v) is 14.0. The van der Waals surface area contributed by atoms with E-state index in [2.05, 4.69) is 174 Å². The summed E-state index contributed by atoms with van der Waals surface area (Å²) in [7, 11) is 0. The van der Waals surface area contributed by atoms with E-state index in [-0.39, 0.29) is 0 Å². The number of fused-ring (bicyclic) bond motifs is 6. The molecule has 11 aromatic rings. The van der Waals surface area contributed by atoms with Crippen LogP contribution in [0.3, 0.4) is 0 Å². The number of rotatable bonds is 6. The minimum absolute atomic E-state index is 0.549. The lowest BCUT2D eigenvalue weighted by Crippen LogP contribution is -2.06. The molecule has 0 fully saturated rings. The average Bonchev–Trinajstić information content (AvgIpc) is 3.83. The zero-order chi connectivity index (χ0) is 37.0. The maximum absolute atomic E-state index is 6.49. The van der Waals surface area contributed by atoms with Gasteiger partial charge in [-0.3, -0.25) is 4.57 Å². The van der Waals surface area contributed by atoms with E-state index in [1.807, 2.05) is 24.3 Å². The lowest BCUT2D eigenvalue weighted by Gasteiger charge is -2.12. The summed E-state index contributed by atoms with van der Waals surface area (Å²) in [6.07, 6.45) is 0. The standard InChI is InChI=1S/C51H32N4O/c1-3-13-33(14-4-1)35-25-27-36(28-26-35)49-52-50(39-18-11-17-37(31-39)34-15-5-2-6-16-34)54-51(53-49)55-45-23-9-7-19-41(45)42-30-29-38(32-46(42)55)40-21-12-22-44-43-20-8-10-24-47(43)56-48(40)44/h1-32H. The van der Waals surface area contributed by atoms with E-state index in [0.717, 1.165) is 88.3 Å². The van der Waals surface area contributed by atoms with E-state index in [1.54, 1.807) is 0 Å². The largest absolute Gasteiger partial charge is 0.455 e. The highest BCUT2D eigenvalue weighted by molar-refractivity contribution is 6.12. The third-order valence-electron chi connectivity index (χ3n) is 10.7. The van der Waals surface area contributed by atoms with Crippen molar-refractivity contribution in [1.82, 2.24) is 19.5 Å². The van der Waals surface area contributed by atoms with Crippen LogP contribution < -0.4 is 0 Å². The first-order valence-corrected chi connectivity index (χ1v) is 18.8. The molecule has 8 aromatic carbocycles. The van der Waals surface area contributed by atoms with E-state index in [9.17, 15) is 0 Å². The predicted molar refractivity (Wildman–Crippen MR) is 229 cm³/mol. The SMILES string of the molecule is c1ccc(-c2ccc(-c3nc(-c4cccc(-c5ccccc5)c4)nc(-n4c5ccccc5c5ccc(-c6cccc7c6oc6ccccc67)cc54)n3)cc2)cc1. The number of benzene rings is 8. The Bertz CT molecular complexity index is 3240. The van der Waals surface area contributed by atoms with E-state index in [0.29, 0.717) is 17.6 Å². The quantitative estimate of drug-likeness (QED) is 0.172. The molecule has 0 spiro atoms. The van der Waals surface area contributed by atoms with Crippen LogP contribution in [-0.4, -0.2) is 19.5 Å². The molecule has 3 aromatic heterocycles. The zero-order valence-corrected chi connectivity index (χ0v) is 30.2. The molecule has 11 rings (SSSR count). The minimum Gasteiger partial charge on any atom is -0.455 e. The molecule has 0 amide bonds. The zero-order valence-electron chi connectivity index (χ0n) is 30.2. The van der Waals surface area contributed by atoms with E-state index in [1.165, 1.54) is 0 Å². The van der Waals surface area contributed by atoms with Gasteiger partial charge in [0.25, 0.3) is 0 Å². The molecule has 0 saturated heterocycles. The number of hydrogen-bond donors (Lipinski definition) is 0. The van der Waals surface area contributed by atoms with Crippen molar-refractivity contribution in [2.75, 3.05) is 0 Å². The number of furan rings is 1. The lowest BCUT2D eigenvalue weighted by atomic mass is 10.0. The fourth-order valence-corrected chi connectivity index (χ4v) is 7.96. The fraction of sp³-hybridized carbons (Fsp3) is 0. The van der Waals surface area contributed by atoms with Gasteiger partial charge in [0.15, 0.2) is 11.6 Å². The van der Waals surface area contributed by atoms with Crippen LogP contribution in [-0.2, 0) is 0 Å². The lowest BCUT2D eigenvalue weighted by molar-refractivity contribution is 0.670. The maximum Gasteiger partial charge on any atom is 0.238 e. The molecule has 56 heavy (non-hydrogen) atoms. The van der Waals surface area contributed by atoms with Gasteiger partial charge in [-0.05, 0) is 52.1 Å². The van der Waals surface area contributed by atoms with Crippen LogP contribution in [0, 0.1) is 0 Å². The Morgan fingerprint density at radius 1 is 0.339 bits per heavy atom. The highest BCUT2D eigenvalue weighted by atomic mass is 16.3. The monoisotopic (exact) mass is 716 g/mol. The summed E-state index contributed by atoms with van der Waals surface area (Å²) in [5.41, 5.74) is 12.2. The van der Waals surface area contributed by atoms with Gasteiger partial charge in [0, 0.05) is 38.2 Å². The summed E-state index contributed by atoms with van der Waals surface area (Å²) in [4.78, 5) is 15.7. The van der Waals surface area contributed by atoms with Crippen molar-refractivity contribution in [1.29, 1.82) is 0 Å². The molecular formula is C51H32N4O. The Balaban J connectivity index is 1.13. The first kappa shape index (κ1) is 31.9. The fourth-order valence-electron chi connectivity index (χ4n) is 7.96. The van der Waals surface area contributed by atoms with Crippen LogP contribution in [0.25, 0.3) is 106 Å². The average molecular weight is 717 g/mol. The van der Waals surface area contributed by atoms with Crippen LogP contribution in [0.1, 0.15) is 0 Å². The molecule has 0 atom stereocenters. The van der Waals surface area contributed by atoms with Gasteiger partial charge in [-0.25, -0.2) is 4.98 Å². The molecule has 0 bridgehead atoms. The maximum atomic E-state index is 6.49. The first-order chi connectivity index (χ1) is 27.7. The van der Waals surface area contributed by atoms with E-state index >= 15 is 0 Å². The molecule has 0 N–H and O–H groups in total. The van der Waals surface area contributed by atoms with Crippen molar-refractivity contribution in [3.8, 4) is 62.1 Å². The van der Waals surface area contributed by atoms with Gasteiger partial charge < -0.3 is 4.42 Å². The molecule has 0 unspecified atom stereocenters. The van der Waals surface area contributed by atoms with Crippen molar-refractivity contribution in [3.05, 3.63) is 194 Å². The normalized spacial score (nSPS) is 11.6. The van der Waals surface area contributed by atoms with Gasteiger partial charge in [-0.15, -0.1) is 0 Å². The number of aromatic nitrogens is 4. The van der Waals surface area contributed by atoms with E-state index < -0.39 is 0 Å². The van der Waals surface area contributed by atoms with Crippen molar-refractivity contribution < 1.29 is 4.42 Å². The van der Waals surface area contributed by atoms with Gasteiger partial charge in [0.1, 0.15) is 11.2 Å². The number of nitrogens with zero attached hydrogens (tertiary/aromatic N) is 4. The van der Waals surface area contributed by atoms with Crippen LogP contribution in [0.15, 0.2) is 199 Å². The van der Waals surface area contributed by atoms with Crippen LogP contribution in [0.5, 0.6) is 0 Å². The van der Waals surface area contributed by atoms with Crippen LogP contribution in [0.4, 0.5) is 0 Å². The molecule has 262 valence electrons. The summed E-state index contributed by atoms with van der Waals surface area (Å²) in [6, 6.07) is 67.4. The second-order valence-electron chi connectivity index (χ2n) is 14.0. The van der Waals surface area contributed by atoms with Gasteiger partial charge in [0.2, 0.25) is 5.95 Å². The van der Waals surface area contributed by atoms with Crippen LogP contribution in [0.2, 0.25) is 0 Å². The topological polar surface area (TPSA) is 56.7 Å². The first-order valence-electron chi connectivity index (χ1n) is 18.8. The summed E-state index contributed by atoms with van der Waals surface area (Å²) < 4.78 is 8.67. The smallest absolute Gasteiger partial charge is 0.238 e. The molecule has 3 heterocycles. The van der Waals surface area contributed by atoms with Crippen LogP contribution >= 0.6 is 0 Å². The number of para-hydroxylation sites is 3.